The van der Waals surface area contributed by atoms with Crippen LogP contribution in [0.25, 0.3) is 0 Å². The van der Waals surface area contributed by atoms with Gasteiger partial charge in [0.25, 0.3) is 11.8 Å². The molecule has 0 unspecified atom stereocenters. The molecular weight excluding hydrogens is 324 g/mol. The van der Waals surface area contributed by atoms with Crippen molar-refractivity contribution in [3.05, 3.63) is 46.3 Å². The van der Waals surface area contributed by atoms with Crippen LogP contribution in [-0.2, 0) is 12.8 Å². The minimum Gasteiger partial charge on any atom is -0.477 e. The Bertz CT molecular complexity index is 917. The molecule has 0 aliphatic carbocycles. The van der Waals surface area contributed by atoms with Crippen LogP contribution in [0.4, 0.5) is 5.69 Å². The Morgan fingerprint density at radius 2 is 2.00 bits per heavy atom. The number of carbonyl (C=O) groups is 3. The molecule has 8 nitrogen and oxygen atoms in total. The summed E-state index contributed by atoms with van der Waals surface area (Å²) in [5.74, 6) is -1.54. The first kappa shape index (κ1) is 15.4. The van der Waals surface area contributed by atoms with E-state index >= 15 is 0 Å². The zero-order valence-corrected chi connectivity index (χ0v) is 13.6. The summed E-state index contributed by atoms with van der Waals surface area (Å²) in [6, 6.07) is 5.44. The molecule has 2 aromatic rings. The molecule has 4 rings (SSSR count). The number of carboxylic acids is 1. The van der Waals surface area contributed by atoms with Gasteiger partial charge < -0.3 is 14.9 Å². The van der Waals surface area contributed by atoms with Crippen molar-refractivity contribution < 1.29 is 19.5 Å². The fourth-order valence-corrected chi connectivity index (χ4v) is 3.41. The van der Waals surface area contributed by atoms with Gasteiger partial charge in [0.2, 0.25) is 0 Å². The number of likely N-dealkylation sites (N-methyl/N-ethyl adjacent to an activating group) is 1. The number of nitrogens with one attached hydrogen (secondary N) is 1. The number of nitrogens with zero attached hydrogens (tertiary/aromatic N) is 3. The zero-order valence-electron chi connectivity index (χ0n) is 13.6. The van der Waals surface area contributed by atoms with E-state index in [2.05, 4.69) is 10.2 Å². The van der Waals surface area contributed by atoms with Crippen LogP contribution in [0.3, 0.4) is 0 Å². The van der Waals surface area contributed by atoms with Crippen LogP contribution in [0.1, 0.15) is 42.5 Å². The van der Waals surface area contributed by atoms with Gasteiger partial charge in [0.05, 0.1) is 0 Å². The molecule has 0 radical (unpaired) electrons. The highest BCUT2D eigenvalue weighted by Gasteiger charge is 2.33. The molecule has 0 fully saturated rings. The van der Waals surface area contributed by atoms with E-state index in [-0.39, 0.29) is 23.2 Å². The highest BCUT2D eigenvalue weighted by atomic mass is 16.4. The van der Waals surface area contributed by atoms with E-state index in [4.69, 9.17) is 5.11 Å². The smallest absolute Gasteiger partial charge is 0.354 e. The average Bonchev–Trinajstić information content (AvgIpc) is 3.04. The van der Waals surface area contributed by atoms with Crippen molar-refractivity contribution in [3.8, 4) is 0 Å². The van der Waals surface area contributed by atoms with E-state index in [1.54, 1.807) is 18.0 Å². The molecule has 2 aliphatic rings. The molecule has 8 heteroatoms. The summed E-state index contributed by atoms with van der Waals surface area (Å²) in [6.45, 7) is 1.02. The molecule has 1 aromatic heterocycles. The number of rotatable bonds is 2. The predicted octanol–water partition coefficient (Wildman–Crippen LogP) is 0.939. The average molecular weight is 340 g/mol. The number of anilines is 1. The maximum atomic E-state index is 12.7. The maximum absolute atomic E-state index is 12.7. The third-order valence-corrected chi connectivity index (χ3v) is 4.81. The number of amides is 2. The quantitative estimate of drug-likeness (QED) is 0.846. The molecular formula is C17H16N4O4. The molecule has 25 heavy (non-hydrogen) atoms. The summed E-state index contributed by atoms with van der Waals surface area (Å²) in [5, 5.41) is 15.4. The SMILES string of the molecule is CN1CCc2ccc(N3CCc4c(n[nH]c4C(=O)O)C3=O)cc2C1=O. The second kappa shape index (κ2) is 5.44. The van der Waals surface area contributed by atoms with Crippen LogP contribution in [0, 0.1) is 0 Å². The number of aromatic nitrogens is 2. The molecule has 128 valence electrons. The van der Waals surface area contributed by atoms with E-state index in [1.807, 2.05) is 12.1 Å². The standard InChI is InChI=1S/C17H16N4O4/c1-20-6-4-9-2-3-10(8-12(9)15(20)22)21-7-5-11-13(16(21)23)18-19-14(11)17(24)25/h2-3,8H,4-7H2,1H3,(H,18,19)(H,24,25). The van der Waals surface area contributed by atoms with E-state index in [1.165, 1.54) is 4.90 Å². The van der Waals surface area contributed by atoms with Gasteiger partial charge in [0.15, 0.2) is 5.69 Å². The first-order valence-corrected chi connectivity index (χ1v) is 7.98. The number of hydrogen-bond acceptors (Lipinski definition) is 4. The van der Waals surface area contributed by atoms with Crippen LogP contribution < -0.4 is 4.90 Å². The molecule has 0 saturated carbocycles. The number of hydrogen-bond donors (Lipinski definition) is 2. The molecule has 0 atom stereocenters. The van der Waals surface area contributed by atoms with Crippen molar-refractivity contribution in [1.82, 2.24) is 15.1 Å². The highest BCUT2D eigenvalue weighted by Crippen LogP contribution is 2.28. The Kier molecular flexibility index (Phi) is 3.34. The normalized spacial score (nSPS) is 16.7. The summed E-state index contributed by atoms with van der Waals surface area (Å²) >= 11 is 0. The van der Waals surface area contributed by atoms with E-state index < -0.39 is 5.97 Å². The lowest BCUT2D eigenvalue weighted by atomic mass is 9.97. The fourth-order valence-electron chi connectivity index (χ4n) is 3.41. The fraction of sp³-hybridized carbons (Fsp3) is 0.294. The number of carboxylic acid groups (broad SMARTS) is 1. The molecule has 2 aliphatic heterocycles. The summed E-state index contributed by atoms with van der Waals surface area (Å²) in [6.07, 6.45) is 1.18. The van der Waals surface area contributed by atoms with Gasteiger partial charge in [-0.05, 0) is 30.5 Å². The van der Waals surface area contributed by atoms with Gasteiger partial charge in [-0.3, -0.25) is 14.7 Å². The lowest BCUT2D eigenvalue weighted by Gasteiger charge is -2.29. The lowest BCUT2D eigenvalue weighted by molar-refractivity contribution is 0.0688. The second-order valence-corrected chi connectivity index (χ2v) is 6.26. The van der Waals surface area contributed by atoms with Crippen LogP contribution >= 0.6 is 0 Å². The Morgan fingerprint density at radius 1 is 1.20 bits per heavy atom. The molecule has 0 spiro atoms. The first-order valence-electron chi connectivity index (χ1n) is 7.98. The predicted molar refractivity (Wildman–Crippen MR) is 88.0 cm³/mol. The molecule has 3 heterocycles. The number of fused-ring (bicyclic) bond motifs is 2. The number of benzene rings is 1. The summed E-state index contributed by atoms with van der Waals surface area (Å²) < 4.78 is 0. The highest BCUT2D eigenvalue weighted by molar-refractivity contribution is 6.09. The van der Waals surface area contributed by atoms with Crippen molar-refractivity contribution in [2.45, 2.75) is 12.8 Å². The third kappa shape index (κ3) is 2.29. The van der Waals surface area contributed by atoms with Gasteiger partial charge in [-0.25, -0.2) is 4.79 Å². The Labute approximate surface area is 143 Å². The monoisotopic (exact) mass is 340 g/mol. The Hall–Kier alpha value is -3.16. The molecule has 2 amide bonds. The number of aromatic carboxylic acids is 1. The minimum atomic E-state index is -1.13. The van der Waals surface area contributed by atoms with E-state index in [0.29, 0.717) is 36.3 Å². The van der Waals surface area contributed by atoms with Gasteiger partial charge in [-0.2, -0.15) is 5.10 Å². The number of aromatic amines is 1. The summed E-state index contributed by atoms with van der Waals surface area (Å²) in [4.78, 5) is 39.5. The zero-order chi connectivity index (χ0) is 17.7. The van der Waals surface area contributed by atoms with Crippen molar-refractivity contribution >= 4 is 23.5 Å². The number of carbonyl (C=O) groups excluding carboxylic acids is 2. The van der Waals surface area contributed by atoms with Crippen LogP contribution in [-0.4, -0.2) is 58.1 Å². The van der Waals surface area contributed by atoms with Crippen molar-refractivity contribution in [3.63, 3.8) is 0 Å². The third-order valence-electron chi connectivity index (χ3n) is 4.81. The van der Waals surface area contributed by atoms with Crippen molar-refractivity contribution in [2.75, 3.05) is 25.0 Å². The van der Waals surface area contributed by atoms with Crippen LogP contribution in [0.15, 0.2) is 18.2 Å². The second-order valence-electron chi connectivity index (χ2n) is 6.26. The van der Waals surface area contributed by atoms with E-state index in [0.717, 1.165) is 12.0 Å². The molecule has 0 bridgehead atoms. The van der Waals surface area contributed by atoms with Gasteiger partial charge in [-0.15, -0.1) is 0 Å². The Balaban J connectivity index is 1.71. The van der Waals surface area contributed by atoms with Gasteiger partial charge >= 0.3 is 5.97 Å². The van der Waals surface area contributed by atoms with Crippen molar-refractivity contribution in [1.29, 1.82) is 0 Å². The largest absolute Gasteiger partial charge is 0.477 e. The minimum absolute atomic E-state index is 0.0368. The van der Waals surface area contributed by atoms with Crippen LogP contribution in [0.5, 0.6) is 0 Å². The maximum Gasteiger partial charge on any atom is 0.354 e. The molecule has 1 aromatic carbocycles. The van der Waals surface area contributed by atoms with Crippen LogP contribution in [0.2, 0.25) is 0 Å². The lowest BCUT2D eigenvalue weighted by Crippen LogP contribution is -2.39. The van der Waals surface area contributed by atoms with Crippen molar-refractivity contribution in [2.24, 2.45) is 0 Å². The molecule has 2 N–H and O–H groups in total. The topological polar surface area (TPSA) is 107 Å². The number of H-pyrrole nitrogens is 1. The summed E-state index contributed by atoms with van der Waals surface area (Å²) in [5.41, 5.74) is 2.73. The summed E-state index contributed by atoms with van der Waals surface area (Å²) in [7, 11) is 1.76. The van der Waals surface area contributed by atoms with Gasteiger partial charge in [-0.1, -0.05) is 6.07 Å². The first-order chi connectivity index (χ1) is 12.0. The Morgan fingerprint density at radius 3 is 2.76 bits per heavy atom. The molecule has 0 saturated heterocycles. The van der Waals surface area contributed by atoms with E-state index in [9.17, 15) is 14.4 Å². The van der Waals surface area contributed by atoms with Gasteiger partial charge in [0.1, 0.15) is 5.69 Å². The van der Waals surface area contributed by atoms with Gasteiger partial charge in [0, 0.05) is 37.0 Å².